The van der Waals surface area contributed by atoms with Crippen molar-refractivity contribution < 1.29 is 9.59 Å². The predicted molar refractivity (Wildman–Crippen MR) is 47.9 cm³/mol. The van der Waals surface area contributed by atoms with Crippen molar-refractivity contribution in [3.8, 4) is 0 Å². The van der Waals surface area contributed by atoms with Gasteiger partial charge < -0.3 is 5.32 Å². The molecular weight excluding hydrogens is 168 g/mol. The van der Waals surface area contributed by atoms with Crippen LogP contribution in [0.3, 0.4) is 0 Å². The molecule has 0 unspecified atom stereocenters. The van der Waals surface area contributed by atoms with Crippen molar-refractivity contribution >= 4 is 12.4 Å². The lowest BCUT2D eigenvalue weighted by molar-refractivity contribution is -0.108. The molecule has 3 amide bonds. The number of amides is 3. The first-order valence-corrected chi connectivity index (χ1v) is 3.85. The third kappa shape index (κ3) is 3.37. The average molecular weight is 178 g/mol. The SMILES string of the molecule is O=CNC(=O)NCc1ccccc1. The number of urea groups is 1. The smallest absolute Gasteiger partial charge is 0.321 e. The number of carbonyl (C=O) groups is 2. The second kappa shape index (κ2) is 4.92. The summed E-state index contributed by atoms with van der Waals surface area (Å²) in [4.78, 5) is 20.6. The summed E-state index contributed by atoms with van der Waals surface area (Å²) in [6.07, 6.45) is 0.348. The van der Waals surface area contributed by atoms with E-state index >= 15 is 0 Å². The van der Waals surface area contributed by atoms with Crippen molar-refractivity contribution in [1.29, 1.82) is 0 Å². The number of nitrogens with one attached hydrogen (secondary N) is 2. The normalized spacial score (nSPS) is 8.92. The van der Waals surface area contributed by atoms with Crippen LogP contribution in [0.15, 0.2) is 30.3 Å². The minimum absolute atomic E-state index is 0.348. The van der Waals surface area contributed by atoms with Gasteiger partial charge in [0.05, 0.1) is 0 Å². The van der Waals surface area contributed by atoms with E-state index in [-0.39, 0.29) is 0 Å². The number of carbonyl (C=O) groups excluding carboxylic acids is 2. The fraction of sp³-hybridized carbons (Fsp3) is 0.111. The molecule has 13 heavy (non-hydrogen) atoms. The lowest BCUT2D eigenvalue weighted by Gasteiger charge is -2.02. The largest absolute Gasteiger partial charge is 0.334 e. The first-order chi connectivity index (χ1) is 6.33. The highest BCUT2D eigenvalue weighted by atomic mass is 16.2. The van der Waals surface area contributed by atoms with Gasteiger partial charge in [-0.15, -0.1) is 0 Å². The van der Waals surface area contributed by atoms with E-state index in [2.05, 4.69) is 5.32 Å². The van der Waals surface area contributed by atoms with Crippen LogP contribution < -0.4 is 10.6 Å². The lowest BCUT2D eigenvalue weighted by atomic mass is 10.2. The molecule has 0 bridgehead atoms. The first-order valence-electron chi connectivity index (χ1n) is 3.85. The molecule has 1 aromatic rings. The summed E-state index contributed by atoms with van der Waals surface area (Å²) in [5.74, 6) is 0. The van der Waals surface area contributed by atoms with Crippen LogP contribution in [0.1, 0.15) is 5.56 Å². The maximum atomic E-state index is 10.8. The minimum Gasteiger partial charge on any atom is -0.334 e. The molecule has 0 aromatic heterocycles. The van der Waals surface area contributed by atoms with Crippen molar-refractivity contribution in [1.82, 2.24) is 10.6 Å². The maximum Gasteiger partial charge on any atom is 0.321 e. The van der Waals surface area contributed by atoms with Gasteiger partial charge in [0.1, 0.15) is 0 Å². The number of hydrogen-bond acceptors (Lipinski definition) is 2. The van der Waals surface area contributed by atoms with Gasteiger partial charge in [-0.3, -0.25) is 10.1 Å². The Labute approximate surface area is 75.9 Å². The summed E-state index contributed by atoms with van der Waals surface area (Å²) in [7, 11) is 0. The van der Waals surface area contributed by atoms with Crippen molar-refractivity contribution in [2.45, 2.75) is 6.54 Å². The highest BCUT2D eigenvalue weighted by Gasteiger charge is 1.96. The number of hydrogen-bond donors (Lipinski definition) is 2. The molecule has 0 spiro atoms. The number of imide groups is 1. The second-order valence-corrected chi connectivity index (χ2v) is 2.43. The van der Waals surface area contributed by atoms with Crippen LogP contribution in [0.2, 0.25) is 0 Å². The van der Waals surface area contributed by atoms with E-state index in [0.29, 0.717) is 13.0 Å². The van der Waals surface area contributed by atoms with Gasteiger partial charge in [-0.1, -0.05) is 30.3 Å². The van der Waals surface area contributed by atoms with Crippen LogP contribution >= 0.6 is 0 Å². The fourth-order valence-corrected chi connectivity index (χ4v) is 0.883. The zero-order chi connectivity index (χ0) is 9.52. The Bertz CT molecular complexity index is 285. The van der Waals surface area contributed by atoms with Crippen LogP contribution in [-0.2, 0) is 11.3 Å². The van der Waals surface area contributed by atoms with Crippen LogP contribution in [-0.4, -0.2) is 12.4 Å². The third-order valence-electron chi connectivity index (χ3n) is 1.49. The molecule has 1 rings (SSSR count). The summed E-state index contributed by atoms with van der Waals surface area (Å²) in [5, 5.41) is 4.50. The molecule has 0 aliphatic heterocycles. The maximum absolute atomic E-state index is 10.8. The van der Waals surface area contributed by atoms with Crippen LogP contribution in [0.5, 0.6) is 0 Å². The monoisotopic (exact) mass is 178 g/mol. The van der Waals surface area contributed by atoms with E-state index < -0.39 is 6.03 Å². The average Bonchev–Trinajstić information content (AvgIpc) is 2.17. The Hall–Kier alpha value is -1.84. The summed E-state index contributed by atoms with van der Waals surface area (Å²) >= 11 is 0. The van der Waals surface area contributed by atoms with Crippen LogP contribution in [0.25, 0.3) is 0 Å². The van der Waals surface area contributed by atoms with E-state index in [9.17, 15) is 9.59 Å². The van der Waals surface area contributed by atoms with E-state index in [4.69, 9.17) is 0 Å². The number of rotatable bonds is 3. The Balaban J connectivity index is 2.35. The molecule has 0 aliphatic carbocycles. The second-order valence-electron chi connectivity index (χ2n) is 2.43. The van der Waals surface area contributed by atoms with Gasteiger partial charge in [0.15, 0.2) is 0 Å². The molecule has 0 saturated carbocycles. The van der Waals surface area contributed by atoms with Crippen molar-refractivity contribution in [3.05, 3.63) is 35.9 Å². The summed E-state index contributed by atoms with van der Waals surface area (Å²) in [6.45, 7) is 0.417. The molecule has 4 heteroatoms. The molecule has 0 radical (unpaired) electrons. The van der Waals surface area contributed by atoms with Gasteiger partial charge in [0.2, 0.25) is 6.41 Å². The zero-order valence-electron chi connectivity index (χ0n) is 6.99. The highest BCUT2D eigenvalue weighted by Crippen LogP contribution is 1.96. The number of benzene rings is 1. The highest BCUT2D eigenvalue weighted by molar-refractivity contribution is 5.84. The van der Waals surface area contributed by atoms with Crippen molar-refractivity contribution in [2.24, 2.45) is 0 Å². The van der Waals surface area contributed by atoms with Gasteiger partial charge >= 0.3 is 6.03 Å². The Kier molecular flexibility index (Phi) is 3.50. The first kappa shape index (κ1) is 9.25. The molecule has 0 saturated heterocycles. The van der Waals surface area contributed by atoms with Gasteiger partial charge in [0.25, 0.3) is 0 Å². The predicted octanol–water partition coefficient (Wildman–Crippen LogP) is 0.642. The topological polar surface area (TPSA) is 58.2 Å². The summed E-state index contributed by atoms with van der Waals surface area (Å²) < 4.78 is 0. The van der Waals surface area contributed by atoms with E-state index in [0.717, 1.165) is 5.56 Å². The van der Waals surface area contributed by atoms with E-state index in [1.165, 1.54) is 0 Å². The molecule has 2 N–H and O–H groups in total. The van der Waals surface area contributed by atoms with E-state index in [1.54, 1.807) is 0 Å². The molecule has 0 fully saturated rings. The molecule has 68 valence electrons. The quantitative estimate of drug-likeness (QED) is 0.667. The van der Waals surface area contributed by atoms with Gasteiger partial charge in [-0.25, -0.2) is 4.79 Å². The molecule has 0 atom stereocenters. The van der Waals surface area contributed by atoms with Gasteiger partial charge in [-0.2, -0.15) is 0 Å². The standard InChI is InChI=1S/C9H10N2O2/c12-7-11-9(13)10-6-8-4-2-1-3-5-8/h1-5,7H,6H2,(H2,10,11,12,13). The van der Waals surface area contributed by atoms with Crippen molar-refractivity contribution in [2.75, 3.05) is 0 Å². The summed E-state index contributed by atoms with van der Waals surface area (Å²) in [6, 6.07) is 8.96. The fourth-order valence-electron chi connectivity index (χ4n) is 0.883. The summed E-state index contributed by atoms with van der Waals surface area (Å²) in [5.41, 5.74) is 0.989. The molecule has 0 heterocycles. The Morgan fingerprint density at radius 1 is 1.31 bits per heavy atom. The molecule has 0 aliphatic rings. The molecule has 4 nitrogen and oxygen atoms in total. The lowest BCUT2D eigenvalue weighted by Crippen LogP contribution is -2.33. The third-order valence-corrected chi connectivity index (χ3v) is 1.49. The Morgan fingerprint density at radius 2 is 2.00 bits per heavy atom. The Morgan fingerprint density at radius 3 is 2.62 bits per heavy atom. The van der Waals surface area contributed by atoms with Crippen LogP contribution in [0.4, 0.5) is 4.79 Å². The van der Waals surface area contributed by atoms with Crippen LogP contribution in [0, 0.1) is 0 Å². The van der Waals surface area contributed by atoms with Gasteiger partial charge in [0, 0.05) is 6.54 Å². The van der Waals surface area contributed by atoms with Gasteiger partial charge in [-0.05, 0) is 5.56 Å². The minimum atomic E-state index is -0.487. The molecule has 1 aromatic carbocycles. The molecular formula is C9H10N2O2. The van der Waals surface area contributed by atoms with Crippen molar-refractivity contribution in [3.63, 3.8) is 0 Å². The van der Waals surface area contributed by atoms with E-state index in [1.807, 2.05) is 35.6 Å². The zero-order valence-corrected chi connectivity index (χ0v) is 6.99.